The van der Waals surface area contributed by atoms with Crippen molar-refractivity contribution in [1.82, 2.24) is 4.31 Å². The number of hydrogen-bond donors (Lipinski definition) is 1. The highest BCUT2D eigenvalue weighted by Gasteiger charge is 2.30. The van der Waals surface area contributed by atoms with E-state index in [1.165, 1.54) is 10.4 Å². The fourth-order valence-electron chi connectivity index (χ4n) is 3.55. The van der Waals surface area contributed by atoms with Gasteiger partial charge >= 0.3 is 0 Å². The van der Waals surface area contributed by atoms with Gasteiger partial charge in [0.25, 0.3) is 5.91 Å². The number of Topliss-reactive ketones (excluding diaryl/α,β-unsaturated/α-hetero) is 1. The third-order valence-electron chi connectivity index (χ3n) is 5.27. The van der Waals surface area contributed by atoms with E-state index in [4.69, 9.17) is 9.47 Å². The van der Waals surface area contributed by atoms with E-state index in [-0.39, 0.29) is 23.0 Å². The number of nitrogens with one attached hydrogen (secondary N) is 1. The van der Waals surface area contributed by atoms with Gasteiger partial charge in [0.05, 0.1) is 6.61 Å². The summed E-state index contributed by atoms with van der Waals surface area (Å²) in [6.45, 7) is 4.40. The number of anilines is 1. The molecule has 178 valence electrons. The highest BCUT2D eigenvalue weighted by molar-refractivity contribution is 7.89. The first-order valence-electron chi connectivity index (χ1n) is 11.1. The van der Waals surface area contributed by atoms with E-state index in [1.807, 2.05) is 12.1 Å². The third kappa shape index (κ3) is 6.79. The lowest BCUT2D eigenvalue weighted by Crippen LogP contribution is -2.28. The summed E-state index contributed by atoms with van der Waals surface area (Å²) in [6.07, 6.45) is 2.81. The van der Waals surface area contributed by atoms with Crippen LogP contribution in [0.4, 0.5) is 5.69 Å². The van der Waals surface area contributed by atoms with Crippen LogP contribution in [0.5, 0.6) is 11.5 Å². The Bertz CT molecular complexity index is 1080. The molecule has 1 N–H and O–H groups in total. The normalized spacial score (nSPS) is 14.1. The second-order valence-electron chi connectivity index (χ2n) is 7.89. The summed E-state index contributed by atoms with van der Waals surface area (Å²) in [6, 6.07) is 11.8. The summed E-state index contributed by atoms with van der Waals surface area (Å²) in [5.74, 6) is 0.520. The molecule has 1 saturated heterocycles. The summed E-state index contributed by atoms with van der Waals surface area (Å²) in [5.41, 5.74) is 1.37. The number of carbonyl (C=O) groups is 2. The lowest BCUT2D eigenvalue weighted by Gasteiger charge is -2.19. The van der Waals surface area contributed by atoms with Crippen molar-refractivity contribution in [2.45, 2.75) is 44.4 Å². The molecular weight excluding hydrogens is 444 g/mol. The Morgan fingerprint density at radius 3 is 2.36 bits per heavy atom. The molecule has 0 radical (unpaired) electrons. The van der Waals surface area contributed by atoms with Gasteiger partial charge in [-0.05, 0) is 69.0 Å². The Kier molecular flexibility index (Phi) is 8.46. The minimum atomic E-state index is -3.71. The molecule has 33 heavy (non-hydrogen) atoms. The molecule has 1 aliphatic rings. The van der Waals surface area contributed by atoms with Crippen molar-refractivity contribution in [2.75, 3.05) is 31.6 Å². The number of aryl methyl sites for hydroxylation is 1. The molecule has 0 aliphatic carbocycles. The highest BCUT2D eigenvalue weighted by Crippen LogP contribution is 2.31. The van der Waals surface area contributed by atoms with Crippen molar-refractivity contribution >= 4 is 27.4 Å². The van der Waals surface area contributed by atoms with Crippen LogP contribution in [0.3, 0.4) is 0 Å². The van der Waals surface area contributed by atoms with Gasteiger partial charge in [0, 0.05) is 25.2 Å². The van der Waals surface area contributed by atoms with E-state index in [2.05, 4.69) is 5.32 Å². The number of ether oxygens (including phenoxy) is 2. The summed E-state index contributed by atoms with van der Waals surface area (Å²) in [4.78, 5) is 23.5. The number of amides is 1. The van der Waals surface area contributed by atoms with Crippen molar-refractivity contribution in [3.05, 3.63) is 48.0 Å². The molecule has 8 nitrogen and oxygen atoms in total. The number of sulfonamides is 1. The first kappa shape index (κ1) is 24.7. The molecule has 1 heterocycles. The molecule has 0 spiro atoms. The van der Waals surface area contributed by atoms with Crippen molar-refractivity contribution in [1.29, 1.82) is 0 Å². The maximum absolute atomic E-state index is 13.1. The molecule has 0 aromatic heterocycles. The average molecular weight is 475 g/mol. The topological polar surface area (TPSA) is 102 Å². The molecule has 0 atom stereocenters. The van der Waals surface area contributed by atoms with Crippen LogP contribution >= 0.6 is 0 Å². The van der Waals surface area contributed by atoms with Gasteiger partial charge in [0.1, 0.15) is 22.2 Å². The van der Waals surface area contributed by atoms with Gasteiger partial charge < -0.3 is 19.6 Å². The Morgan fingerprint density at radius 2 is 1.73 bits per heavy atom. The molecule has 2 aromatic carbocycles. The number of hydrogen-bond acceptors (Lipinski definition) is 6. The maximum Gasteiger partial charge on any atom is 0.262 e. The van der Waals surface area contributed by atoms with Crippen LogP contribution in [0.1, 0.15) is 38.7 Å². The SMILES string of the molecule is CCOc1ccc(NC(=O)COc2ccc(CCC(C)=O)cc2)cc1S(=O)(=O)N1CCCC1. The van der Waals surface area contributed by atoms with E-state index in [0.717, 1.165) is 18.4 Å². The van der Waals surface area contributed by atoms with E-state index in [1.54, 1.807) is 38.1 Å². The quantitative estimate of drug-likeness (QED) is 0.536. The number of benzene rings is 2. The number of ketones is 1. The van der Waals surface area contributed by atoms with Crippen LogP contribution in [0.25, 0.3) is 0 Å². The average Bonchev–Trinajstić information content (AvgIpc) is 3.34. The van der Waals surface area contributed by atoms with Crippen LogP contribution in [-0.4, -0.2) is 50.7 Å². The minimum Gasteiger partial charge on any atom is -0.492 e. The molecule has 2 aromatic rings. The maximum atomic E-state index is 13.1. The zero-order valence-electron chi connectivity index (χ0n) is 19.0. The molecular formula is C24H30N2O6S. The van der Waals surface area contributed by atoms with Crippen LogP contribution in [0.15, 0.2) is 47.4 Å². The molecule has 3 rings (SSSR count). The van der Waals surface area contributed by atoms with Gasteiger partial charge in [-0.2, -0.15) is 4.31 Å². The summed E-state index contributed by atoms with van der Waals surface area (Å²) in [7, 11) is -3.71. The first-order valence-corrected chi connectivity index (χ1v) is 12.5. The van der Waals surface area contributed by atoms with E-state index >= 15 is 0 Å². The smallest absolute Gasteiger partial charge is 0.262 e. The Morgan fingerprint density at radius 1 is 1.03 bits per heavy atom. The lowest BCUT2D eigenvalue weighted by atomic mass is 10.1. The largest absolute Gasteiger partial charge is 0.492 e. The van der Waals surface area contributed by atoms with Crippen molar-refractivity contribution in [2.24, 2.45) is 0 Å². The summed E-state index contributed by atoms with van der Waals surface area (Å²) >= 11 is 0. The van der Waals surface area contributed by atoms with E-state index in [9.17, 15) is 18.0 Å². The fourth-order valence-corrected chi connectivity index (χ4v) is 5.22. The van der Waals surface area contributed by atoms with Gasteiger partial charge in [-0.15, -0.1) is 0 Å². The predicted octanol–water partition coefficient (Wildman–Crippen LogP) is 3.41. The van der Waals surface area contributed by atoms with Crippen molar-refractivity contribution in [3.63, 3.8) is 0 Å². The van der Waals surface area contributed by atoms with Crippen LogP contribution < -0.4 is 14.8 Å². The Labute approximate surface area is 194 Å². The van der Waals surface area contributed by atoms with Crippen LogP contribution in [0, 0.1) is 0 Å². The zero-order chi connectivity index (χ0) is 23.8. The standard InChI is InChI=1S/C24H30N2O6S/c1-3-31-22-13-10-20(16-23(22)33(29,30)26-14-4-5-15-26)25-24(28)17-32-21-11-8-19(9-12-21)7-6-18(2)27/h8-13,16H,3-7,14-15,17H2,1-2H3,(H,25,28). The molecule has 0 bridgehead atoms. The number of rotatable bonds is 11. The summed E-state index contributed by atoms with van der Waals surface area (Å²) < 4.78 is 38.7. The number of carbonyl (C=O) groups excluding carboxylic acids is 2. The second-order valence-corrected chi connectivity index (χ2v) is 9.79. The van der Waals surface area contributed by atoms with Crippen molar-refractivity contribution in [3.8, 4) is 11.5 Å². The van der Waals surface area contributed by atoms with Gasteiger partial charge in [-0.3, -0.25) is 4.79 Å². The summed E-state index contributed by atoms with van der Waals surface area (Å²) in [5, 5.41) is 2.69. The van der Waals surface area contributed by atoms with E-state index < -0.39 is 15.9 Å². The number of nitrogens with zero attached hydrogens (tertiary/aromatic N) is 1. The third-order valence-corrected chi connectivity index (χ3v) is 7.19. The van der Waals surface area contributed by atoms with Gasteiger partial charge in [-0.25, -0.2) is 8.42 Å². The zero-order valence-corrected chi connectivity index (χ0v) is 19.8. The van der Waals surface area contributed by atoms with Gasteiger partial charge in [0.2, 0.25) is 10.0 Å². The molecule has 1 fully saturated rings. The molecule has 0 unspecified atom stereocenters. The van der Waals surface area contributed by atoms with E-state index in [0.29, 0.717) is 44.0 Å². The highest BCUT2D eigenvalue weighted by atomic mass is 32.2. The predicted molar refractivity (Wildman–Crippen MR) is 125 cm³/mol. The van der Waals surface area contributed by atoms with Crippen LogP contribution in [0.2, 0.25) is 0 Å². The van der Waals surface area contributed by atoms with Gasteiger partial charge in [-0.1, -0.05) is 12.1 Å². The Hall–Kier alpha value is -2.91. The Balaban J connectivity index is 1.64. The van der Waals surface area contributed by atoms with Gasteiger partial charge in [0.15, 0.2) is 6.61 Å². The fraction of sp³-hybridized carbons (Fsp3) is 0.417. The van der Waals surface area contributed by atoms with Crippen molar-refractivity contribution < 1.29 is 27.5 Å². The molecule has 1 aliphatic heterocycles. The van der Waals surface area contributed by atoms with Crippen LogP contribution in [-0.2, 0) is 26.0 Å². The molecule has 0 saturated carbocycles. The first-order chi connectivity index (χ1) is 15.8. The lowest BCUT2D eigenvalue weighted by molar-refractivity contribution is -0.118. The molecule has 1 amide bonds. The minimum absolute atomic E-state index is 0.0473. The monoisotopic (exact) mass is 474 g/mol. The second kappa shape index (κ2) is 11.3. The molecule has 9 heteroatoms.